The van der Waals surface area contributed by atoms with Crippen LogP contribution in [-0.2, 0) is 6.54 Å². The van der Waals surface area contributed by atoms with E-state index in [1.165, 1.54) is 36.4 Å². The Morgan fingerprint density at radius 1 is 1.00 bits per heavy atom. The summed E-state index contributed by atoms with van der Waals surface area (Å²) < 4.78 is 53.2. The molecule has 0 saturated heterocycles. The SMILES string of the molecule is NCc1ccc(F)cc1-c1ccc(OC(F)(F)F)cc1. The first-order valence-corrected chi connectivity index (χ1v) is 5.74. The molecule has 0 unspecified atom stereocenters. The summed E-state index contributed by atoms with van der Waals surface area (Å²) in [6, 6.07) is 9.32. The van der Waals surface area contributed by atoms with E-state index in [2.05, 4.69) is 4.74 Å². The van der Waals surface area contributed by atoms with Crippen LogP contribution in [0.5, 0.6) is 5.75 Å². The van der Waals surface area contributed by atoms with Gasteiger partial charge in [-0.25, -0.2) is 4.39 Å². The molecule has 2 aromatic rings. The van der Waals surface area contributed by atoms with Gasteiger partial charge in [-0.3, -0.25) is 0 Å². The van der Waals surface area contributed by atoms with Crippen molar-refractivity contribution in [2.45, 2.75) is 12.9 Å². The fourth-order valence-electron chi connectivity index (χ4n) is 1.83. The lowest BCUT2D eigenvalue weighted by Gasteiger charge is -2.11. The minimum absolute atomic E-state index is 0.205. The highest BCUT2D eigenvalue weighted by atomic mass is 19.4. The third-order valence-electron chi connectivity index (χ3n) is 2.69. The molecule has 0 aliphatic heterocycles. The van der Waals surface area contributed by atoms with Gasteiger partial charge in [0.1, 0.15) is 11.6 Å². The number of halogens is 4. The number of nitrogens with two attached hydrogens (primary N) is 1. The van der Waals surface area contributed by atoms with Crippen LogP contribution in [0.2, 0.25) is 0 Å². The molecule has 0 spiro atoms. The maximum atomic E-state index is 13.3. The zero-order chi connectivity index (χ0) is 14.8. The van der Waals surface area contributed by atoms with Crippen molar-refractivity contribution in [3.05, 3.63) is 53.8 Å². The van der Waals surface area contributed by atoms with E-state index in [4.69, 9.17) is 5.73 Å². The molecular formula is C14H11F4NO. The molecular weight excluding hydrogens is 274 g/mol. The number of hydrogen-bond donors (Lipinski definition) is 1. The lowest BCUT2D eigenvalue weighted by molar-refractivity contribution is -0.274. The Balaban J connectivity index is 2.33. The second-order valence-corrected chi connectivity index (χ2v) is 4.08. The highest BCUT2D eigenvalue weighted by molar-refractivity contribution is 5.68. The molecule has 2 N–H and O–H groups in total. The van der Waals surface area contributed by atoms with Crippen LogP contribution in [0.3, 0.4) is 0 Å². The Morgan fingerprint density at radius 3 is 2.20 bits per heavy atom. The Hall–Kier alpha value is -2.08. The van der Waals surface area contributed by atoms with Gasteiger partial charge in [0.25, 0.3) is 0 Å². The van der Waals surface area contributed by atoms with Crippen molar-refractivity contribution in [2.24, 2.45) is 5.73 Å². The Kier molecular flexibility index (Phi) is 3.94. The molecule has 106 valence electrons. The average molecular weight is 285 g/mol. The smallest absolute Gasteiger partial charge is 0.406 e. The van der Waals surface area contributed by atoms with Crippen molar-refractivity contribution < 1.29 is 22.3 Å². The number of alkyl halides is 3. The summed E-state index contributed by atoms with van der Waals surface area (Å²) in [6.45, 7) is 0.205. The Morgan fingerprint density at radius 2 is 1.65 bits per heavy atom. The molecule has 6 heteroatoms. The van der Waals surface area contributed by atoms with Crippen molar-refractivity contribution in [2.75, 3.05) is 0 Å². The number of rotatable bonds is 3. The van der Waals surface area contributed by atoms with E-state index < -0.39 is 12.2 Å². The third-order valence-corrected chi connectivity index (χ3v) is 2.69. The minimum Gasteiger partial charge on any atom is -0.406 e. The van der Waals surface area contributed by atoms with E-state index in [-0.39, 0.29) is 12.3 Å². The molecule has 0 amide bonds. The first kappa shape index (κ1) is 14.3. The quantitative estimate of drug-likeness (QED) is 0.869. The van der Waals surface area contributed by atoms with Gasteiger partial charge in [-0.15, -0.1) is 13.2 Å². The first-order chi connectivity index (χ1) is 9.39. The molecule has 20 heavy (non-hydrogen) atoms. The van der Waals surface area contributed by atoms with Crippen LogP contribution >= 0.6 is 0 Å². The summed E-state index contributed by atoms with van der Waals surface area (Å²) in [6.07, 6.45) is -4.73. The molecule has 0 saturated carbocycles. The molecule has 2 nitrogen and oxygen atoms in total. The summed E-state index contributed by atoms with van der Waals surface area (Å²) >= 11 is 0. The molecule has 0 bridgehead atoms. The monoisotopic (exact) mass is 285 g/mol. The molecule has 0 heterocycles. The van der Waals surface area contributed by atoms with Crippen LogP contribution in [0.25, 0.3) is 11.1 Å². The van der Waals surface area contributed by atoms with Crippen LogP contribution in [0, 0.1) is 5.82 Å². The highest BCUT2D eigenvalue weighted by Crippen LogP contribution is 2.28. The summed E-state index contributed by atoms with van der Waals surface area (Å²) in [5, 5.41) is 0. The Bertz CT molecular complexity index is 593. The van der Waals surface area contributed by atoms with Crippen LogP contribution in [0.1, 0.15) is 5.56 Å². The zero-order valence-electron chi connectivity index (χ0n) is 10.2. The van der Waals surface area contributed by atoms with Crippen molar-refractivity contribution >= 4 is 0 Å². The second kappa shape index (κ2) is 5.50. The predicted molar refractivity (Wildman–Crippen MR) is 66.4 cm³/mol. The van der Waals surface area contributed by atoms with Gasteiger partial charge in [0.15, 0.2) is 0 Å². The van der Waals surface area contributed by atoms with E-state index in [1.54, 1.807) is 6.07 Å². The van der Waals surface area contributed by atoms with Crippen LogP contribution in [0.4, 0.5) is 17.6 Å². The topological polar surface area (TPSA) is 35.2 Å². The lowest BCUT2D eigenvalue weighted by Crippen LogP contribution is -2.16. The normalized spacial score (nSPS) is 11.4. The third kappa shape index (κ3) is 3.48. The molecule has 0 fully saturated rings. The Labute approximate surface area is 112 Å². The van der Waals surface area contributed by atoms with Gasteiger partial charge in [0, 0.05) is 6.54 Å². The number of hydrogen-bond acceptors (Lipinski definition) is 2. The molecule has 2 aromatic carbocycles. The molecule has 0 aliphatic carbocycles. The van der Waals surface area contributed by atoms with Crippen molar-refractivity contribution in [1.82, 2.24) is 0 Å². The van der Waals surface area contributed by atoms with Crippen molar-refractivity contribution in [1.29, 1.82) is 0 Å². The van der Waals surface area contributed by atoms with E-state index >= 15 is 0 Å². The minimum atomic E-state index is -4.73. The van der Waals surface area contributed by atoms with Crippen LogP contribution in [-0.4, -0.2) is 6.36 Å². The largest absolute Gasteiger partial charge is 0.573 e. The zero-order valence-corrected chi connectivity index (χ0v) is 10.2. The van der Waals surface area contributed by atoms with Gasteiger partial charge in [0.2, 0.25) is 0 Å². The molecule has 2 rings (SSSR count). The van der Waals surface area contributed by atoms with Gasteiger partial charge in [0.05, 0.1) is 0 Å². The summed E-state index contributed by atoms with van der Waals surface area (Å²) in [7, 11) is 0. The van der Waals surface area contributed by atoms with Gasteiger partial charge >= 0.3 is 6.36 Å². The van der Waals surface area contributed by atoms with E-state index in [0.29, 0.717) is 16.7 Å². The first-order valence-electron chi connectivity index (χ1n) is 5.74. The highest BCUT2D eigenvalue weighted by Gasteiger charge is 2.30. The second-order valence-electron chi connectivity index (χ2n) is 4.08. The summed E-state index contributed by atoms with van der Waals surface area (Å²) in [4.78, 5) is 0. The van der Waals surface area contributed by atoms with Crippen LogP contribution in [0.15, 0.2) is 42.5 Å². The number of benzene rings is 2. The van der Waals surface area contributed by atoms with Gasteiger partial charge < -0.3 is 10.5 Å². The predicted octanol–water partition coefficient (Wildman–Crippen LogP) is 3.85. The van der Waals surface area contributed by atoms with Gasteiger partial charge in [-0.1, -0.05) is 18.2 Å². The van der Waals surface area contributed by atoms with Crippen LogP contribution < -0.4 is 10.5 Å². The molecule has 0 radical (unpaired) electrons. The average Bonchev–Trinajstić information content (AvgIpc) is 2.38. The molecule has 0 aliphatic rings. The number of ether oxygens (including phenoxy) is 1. The van der Waals surface area contributed by atoms with Gasteiger partial charge in [-0.2, -0.15) is 0 Å². The van der Waals surface area contributed by atoms with Crippen molar-refractivity contribution in [3.8, 4) is 16.9 Å². The fourth-order valence-corrected chi connectivity index (χ4v) is 1.83. The van der Waals surface area contributed by atoms with E-state index in [0.717, 1.165) is 0 Å². The lowest BCUT2D eigenvalue weighted by atomic mass is 9.99. The molecule has 0 aromatic heterocycles. The molecule has 0 atom stereocenters. The summed E-state index contributed by atoms with van der Waals surface area (Å²) in [5.74, 6) is -0.764. The van der Waals surface area contributed by atoms with Crippen molar-refractivity contribution in [3.63, 3.8) is 0 Å². The van der Waals surface area contributed by atoms with Gasteiger partial charge in [-0.05, 0) is 41.0 Å². The van der Waals surface area contributed by atoms with E-state index in [1.807, 2.05) is 0 Å². The fraction of sp³-hybridized carbons (Fsp3) is 0.143. The standard InChI is InChI=1S/C14H11F4NO/c15-11-4-1-10(8-19)13(7-11)9-2-5-12(6-3-9)20-14(16,17)18/h1-7H,8,19H2. The summed E-state index contributed by atoms with van der Waals surface area (Å²) in [5.41, 5.74) is 7.38. The van der Waals surface area contributed by atoms with E-state index in [9.17, 15) is 17.6 Å². The maximum Gasteiger partial charge on any atom is 0.573 e. The maximum absolute atomic E-state index is 13.3.